The maximum Gasteiger partial charge on any atom is 0.127 e. The second-order valence-electron chi connectivity index (χ2n) is 6.64. The van der Waals surface area contributed by atoms with Crippen molar-refractivity contribution in [1.82, 2.24) is 0 Å². The molecule has 2 heteroatoms. The first-order valence-electron chi connectivity index (χ1n) is 7.76. The molecule has 108 valence electrons. The van der Waals surface area contributed by atoms with Crippen LogP contribution in [0.15, 0.2) is 42.5 Å². The summed E-state index contributed by atoms with van der Waals surface area (Å²) >= 11 is 6.37. The van der Waals surface area contributed by atoms with Crippen LogP contribution in [0.3, 0.4) is 0 Å². The molecular weight excluding hydrogens is 280 g/mol. The first-order chi connectivity index (χ1) is 10.2. The minimum absolute atomic E-state index is 0.170. The zero-order valence-electron chi connectivity index (χ0n) is 12.0. The van der Waals surface area contributed by atoms with Gasteiger partial charge < -0.3 is 5.11 Å². The van der Waals surface area contributed by atoms with Gasteiger partial charge in [-0.1, -0.05) is 41.9 Å². The minimum Gasteiger partial charge on any atom is -0.507 e. The second-order valence-corrected chi connectivity index (χ2v) is 7.08. The van der Waals surface area contributed by atoms with E-state index in [1.54, 1.807) is 0 Å². The quantitative estimate of drug-likeness (QED) is 0.771. The predicted octanol–water partition coefficient (Wildman–Crippen LogP) is 5.54. The molecule has 2 aromatic rings. The number of hydrogen-bond donors (Lipinski definition) is 1. The highest BCUT2D eigenvalue weighted by atomic mass is 35.5. The summed E-state index contributed by atoms with van der Waals surface area (Å²) in [5.41, 5.74) is 3.14. The van der Waals surface area contributed by atoms with Crippen molar-refractivity contribution >= 4 is 11.6 Å². The Bertz CT molecular complexity index is 669. The molecule has 21 heavy (non-hydrogen) atoms. The lowest BCUT2D eigenvalue weighted by Gasteiger charge is -2.29. The molecule has 2 bridgehead atoms. The number of benzene rings is 2. The summed E-state index contributed by atoms with van der Waals surface area (Å²) in [4.78, 5) is 0. The normalized spacial score (nSPS) is 27.2. The Morgan fingerprint density at radius 2 is 1.76 bits per heavy atom. The molecule has 2 aliphatic carbocycles. The maximum absolute atomic E-state index is 10.9. The molecule has 1 N–H and O–H groups in total. The van der Waals surface area contributed by atoms with Gasteiger partial charge in [0.25, 0.3) is 0 Å². The van der Waals surface area contributed by atoms with Crippen molar-refractivity contribution in [3.8, 4) is 16.9 Å². The van der Waals surface area contributed by atoms with E-state index >= 15 is 0 Å². The Morgan fingerprint density at radius 3 is 2.38 bits per heavy atom. The molecule has 0 aromatic heterocycles. The summed E-state index contributed by atoms with van der Waals surface area (Å²) < 4.78 is 0. The molecule has 2 aromatic carbocycles. The van der Waals surface area contributed by atoms with Gasteiger partial charge in [0.15, 0.2) is 0 Å². The summed E-state index contributed by atoms with van der Waals surface area (Å²) in [6.07, 6.45) is 6.20. The van der Waals surface area contributed by atoms with E-state index in [0.717, 1.165) is 27.6 Å². The molecule has 0 atom stereocenters. The van der Waals surface area contributed by atoms with Crippen molar-refractivity contribution in [2.24, 2.45) is 5.92 Å². The van der Waals surface area contributed by atoms with Gasteiger partial charge in [-0.3, -0.25) is 0 Å². The number of aromatic hydroxyl groups is 1. The fourth-order valence-electron chi connectivity index (χ4n) is 4.41. The van der Waals surface area contributed by atoms with Gasteiger partial charge in [0.1, 0.15) is 5.75 Å². The highest BCUT2D eigenvalue weighted by Crippen LogP contribution is 2.58. The maximum atomic E-state index is 10.9. The SMILES string of the molecule is Oc1c(-c2ccccc2)cc(Cl)cc1C12CCC(CC1)C2. The molecule has 0 amide bonds. The molecule has 0 aliphatic heterocycles. The van der Waals surface area contributed by atoms with Crippen molar-refractivity contribution in [3.05, 3.63) is 53.1 Å². The Hall–Kier alpha value is -1.47. The highest BCUT2D eigenvalue weighted by Gasteiger charge is 2.47. The van der Waals surface area contributed by atoms with Gasteiger partial charge >= 0.3 is 0 Å². The molecule has 0 radical (unpaired) electrons. The monoisotopic (exact) mass is 298 g/mol. The Balaban J connectivity index is 1.88. The van der Waals surface area contributed by atoms with Gasteiger partial charge in [-0.15, -0.1) is 0 Å². The average molecular weight is 299 g/mol. The first kappa shape index (κ1) is 13.2. The number of phenols is 1. The molecular formula is C19H19ClO. The third-order valence-electron chi connectivity index (χ3n) is 5.47. The van der Waals surface area contributed by atoms with Crippen LogP contribution in [0.5, 0.6) is 5.75 Å². The molecule has 0 spiro atoms. The van der Waals surface area contributed by atoms with E-state index in [1.807, 2.05) is 42.5 Å². The van der Waals surface area contributed by atoms with Gasteiger partial charge in [0, 0.05) is 16.1 Å². The van der Waals surface area contributed by atoms with Crippen LogP contribution < -0.4 is 0 Å². The molecule has 0 saturated heterocycles. The van der Waals surface area contributed by atoms with Gasteiger partial charge in [-0.25, -0.2) is 0 Å². The highest BCUT2D eigenvalue weighted by molar-refractivity contribution is 6.31. The number of hydrogen-bond acceptors (Lipinski definition) is 1. The van der Waals surface area contributed by atoms with Crippen molar-refractivity contribution in [1.29, 1.82) is 0 Å². The lowest BCUT2D eigenvalue weighted by molar-refractivity contribution is 0.390. The van der Waals surface area contributed by atoms with E-state index in [-0.39, 0.29) is 5.41 Å². The van der Waals surface area contributed by atoms with Gasteiger partial charge in [0.2, 0.25) is 0 Å². The average Bonchev–Trinajstić information content (AvgIpc) is 3.12. The van der Waals surface area contributed by atoms with Crippen LogP contribution in [0, 0.1) is 5.92 Å². The summed E-state index contributed by atoms with van der Waals surface area (Å²) in [5, 5.41) is 11.6. The van der Waals surface area contributed by atoms with Crippen molar-refractivity contribution < 1.29 is 5.11 Å². The largest absolute Gasteiger partial charge is 0.507 e. The van der Waals surface area contributed by atoms with Crippen LogP contribution in [0.2, 0.25) is 5.02 Å². The zero-order valence-corrected chi connectivity index (χ0v) is 12.7. The standard InChI is InChI=1S/C19H19ClO/c20-15-10-16(14-4-2-1-3-5-14)18(21)17(11-15)19-8-6-13(12-19)7-9-19/h1-5,10-11,13,21H,6-9,12H2. The van der Waals surface area contributed by atoms with Crippen LogP contribution >= 0.6 is 11.6 Å². The van der Waals surface area contributed by atoms with Crippen molar-refractivity contribution in [3.63, 3.8) is 0 Å². The fraction of sp³-hybridized carbons (Fsp3) is 0.368. The third-order valence-corrected chi connectivity index (χ3v) is 5.69. The lowest BCUT2D eigenvalue weighted by Crippen LogP contribution is -2.19. The smallest absolute Gasteiger partial charge is 0.127 e. The van der Waals surface area contributed by atoms with Gasteiger partial charge in [0.05, 0.1) is 0 Å². The molecule has 2 fully saturated rings. The number of phenolic OH excluding ortho intramolecular Hbond substituents is 1. The Labute approximate surface area is 130 Å². The predicted molar refractivity (Wildman–Crippen MR) is 86.8 cm³/mol. The van der Waals surface area contributed by atoms with Gasteiger partial charge in [-0.2, -0.15) is 0 Å². The number of rotatable bonds is 2. The molecule has 1 nitrogen and oxygen atoms in total. The number of halogens is 1. The van der Waals surface area contributed by atoms with E-state index < -0.39 is 0 Å². The van der Waals surface area contributed by atoms with Crippen LogP contribution in [0.4, 0.5) is 0 Å². The minimum atomic E-state index is 0.170. The van der Waals surface area contributed by atoms with E-state index in [1.165, 1.54) is 32.1 Å². The van der Waals surface area contributed by atoms with Crippen molar-refractivity contribution in [2.45, 2.75) is 37.5 Å². The van der Waals surface area contributed by atoms with E-state index in [0.29, 0.717) is 5.75 Å². The number of fused-ring (bicyclic) bond motifs is 2. The summed E-state index contributed by atoms with van der Waals surface area (Å²) in [5.74, 6) is 1.29. The lowest BCUT2D eigenvalue weighted by atomic mass is 9.76. The second kappa shape index (κ2) is 4.78. The molecule has 4 rings (SSSR count). The van der Waals surface area contributed by atoms with Crippen molar-refractivity contribution in [2.75, 3.05) is 0 Å². The first-order valence-corrected chi connectivity index (χ1v) is 8.14. The molecule has 2 aliphatic rings. The third kappa shape index (κ3) is 2.06. The molecule has 2 saturated carbocycles. The van der Waals surface area contributed by atoms with E-state index in [2.05, 4.69) is 0 Å². The fourth-order valence-corrected chi connectivity index (χ4v) is 4.63. The van der Waals surface area contributed by atoms with Crippen LogP contribution in [-0.4, -0.2) is 5.11 Å². The summed E-state index contributed by atoms with van der Waals surface area (Å²) in [7, 11) is 0. The zero-order chi connectivity index (χ0) is 14.4. The summed E-state index contributed by atoms with van der Waals surface area (Å²) in [6.45, 7) is 0. The van der Waals surface area contributed by atoms with Crippen LogP contribution in [0.25, 0.3) is 11.1 Å². The topological polar surface area (TPSA) is 20.2 Å². The van der Waals surface area contributed by atoms with E-state index in [4.69, 9.17) is 11.6 Å². The van der Waals surface area contributed by atoms with Crippen LogP contribution in [-0.2, 0) is 5.41 Å². The summed E-state index contributed by atoms with van der Waals surface area (Å²) in [6, 6.07) is 13.9. The Kier molecular flexibility index (Phi) is 3.00. The molecule has 0 unspecified atom stereocenters. The van der Waals surface area contributed by atoms with Crippen LogP contribution in [0.1, 0.15) is 37.7 Å². The Morgan fingerprint density at radius 1 is 1.05 bits per heavy atom. The van der Waals surface area contributed by atoms with E-state index in [9.17, 15) is 5.11 Å². The molecule has 0 heterocycles. The van der Waals surface area contributed by atoms with Gasteiger partial charge in [-0.05, 0) is 61.1 Å².